The predicted octanol–water partition coefficient (Wildman–Crippen LogP) is 9.14. The lowest BCUT2D eigenvalue weighted by molar-refractivity contribution is 0.0929. The Kier molecular flexibility index (Phi) is 7.56. The molecular formula is C29H48. The molecule has 0 aromatic rings. The maximum Gasteiger partial charge on any atom is -0.0143 e. The Morgan fingerprint density at radius 2 is 1.72 bits per heavy atom. The van der Waals surface area contributed by atoms with E-state index in [1.165, 1.54) is 69.8 Å². The zero-order valence-corrected chi connectivity index (χ0v) is 20.4. The summed E-state index contributed by atoms with van der Waals surface area (Å²) < 4.78 is 0. The Morgan fingerprint density at radius 3 is 2.38 bits per heavy atom. The standard InChI is InChI=1S/C29H48/c1-20(2)10-8-11-21(3)27-15-16-28-26(12-9-17-29(27,28)7)14-13-25-18-22(4)24(6)23(5)19-25/h13-14,20-23,27-28H,6,8-12,15-19H2,1-5,7H3/b26-14+/t21-,22+,23+,27+,28-,29+/m0/s1. The number of hydrogen-bond donors (Lipinski definition) is 0. The van der Waals surface area contributed by atoms with Gasteiger partial charge in [0.05, 0.1) is 0 Å². The second-order valence-corrected chi connectivity index (χ2v) is 11.7. The third-order valence-corrected chi connectivity index (χ3v) is 9.10. The van der Waals surface area contributed by atoms with Gasteiger partial charge in [-0.25, -0.2) is 0 Å². The first-order valence-electron chi connectivity index (χ1n) is 12.8. The first-order chi connectivity index (χ1) is 13.7. The maximum atomic E-state index is 4.33. The van der Waals surface area contributed by atoms with Crippen LogP contribution >= 0.6 is 0 Å². The van der Waals surface area contributed by atoms with Crippen LogP contribution in [0.2, 0.25) is 0 Å². The molecule has 0 amide bonds. The molecule has 0 aromatic carbocycles. The molecule has 0 radical (unpaired) electrons. The van der Waals surface area contributed by atoms with Gasteiger partial charge in [-0.15, -0.1) is 0 Å². The van der Waals surface area contributed by atoms with Crippen molar-refractivity contribution in [2.24, 2.45) is 40.9 Å². The van der Waals surface area contributed by atoms with Gasteiger partial charge in [0, 0.05) is 0 Å². The maximum absolute atomic E-state index is 4.33. The lowest BCUT2D eigenvalue weighted by Gasteiger charge is -2.44. The van der Waals surface area contributed by atoms with Crippen molar-refractivity contribution in [3.8, 4) is 0 Å². The Hall–Kier alpha value is -0.780. The van der Waals surface area contributed by atoms with Crippen LogP contribution in [0.1, 0.15) is 106 Å². The fourth-order valence-electron chi connectivity index (χ4n) is 7.24. The highest BCUT2D eigenvalue weighted by Crippen LogP contribution is 2.60. The fraction of sp³-hybridized carbons (Fsp3) is 0.793. The van der Waals surface area contributed by atoms with E-state index in [2.05, 4.69) is 60.3 Å². The molecule has 0 unspecified atom stereocenters. The molecule has 3 rings (SSSR count). The molecule has 0 heteroatoms. The minimum Gasteiger partial charge on any atom is -0.0993 e. The van der Waals surface area contributed by atoms with Gasteiger partial charge < -0.3 is 0 Å². The van der Waals surface area contributed by atoms with Gasteiger partial charge in [-0.05, 0) is 85.9 Å². The molecule has 0 N–H and O–H groups in total. The third-order valence-electron chi connectivity index (χ3n) is 9.10. The molecule has 164 valence electrons. The van der Waals surface area contributed by atoms with E-state index in [9.17, 15) is 0 Å². The average molecular weight is 397 g/mol. The monoisotopic (exact) mass is 396 g/mol. The molecular weight excluding hydrogens is 348 g/mol. The van der Waals surface area contributed by atoms with Gasteiger partial charge in [0.1, 0.15) is 0 Å². The van der Waals surface area contributed by atoms with Gasteiger partial charge in [0.2, 0.25) is 0 Å². The Morgan fingerprint density at radius 1 is 1.03 bits per heavy atom. The molecule has 0 nitrogen and oxygen atoms in total. The van der Waals surface area contributed by atoms with E-state index in [-0.39, 0.29) is 0 Å². The quantitative estimate of drug-likeness (QED) is 0.392. The summed E-state index contributed by atoms with van der Waals surface area (Å²) >= 11 is 0. The Bertz CT molecular complexity index is 616. The van der Waals surface area contributed by atoms with E-state index < -0.39 is 0 Å². The van der Waals surface area contributed by atoms with E-state index in [0.717, 1.165) is 23.7 Å². The minimum absolute atomic E-state index is 0.557. The summed E-state index contributed by atoms with van der Waals surface area (Å²) in [6.07, 6.45) is 18.9. The average Bonchev–Trinajstić information content (AvgIpc) is 3.01. The van der Waals surface area contributed by atoms with Gasteiger partial charge in [0.15, 0.2) is 0 Å². The fourth-order valence-corrected chi connectivity index (χ4v) is 7.24. The molecule has 0 saturated heterocycles. The first-order valence-corrected chi connectivity index (χ1v) is 12.8. The van der Waals surface area contributed by atoms with Crippen LogP contribution in [-0.4, -0.2) is 0 Å². The van der Waals surface area contributed by atoms with Crippen LogP contribution in [0.25, 0.3) is 0 Å². The summed E-state index contributed by atoms with van der Waals surface area (Å²) in [5.41, 5.74) is 5.47. The van der Waals surface area contributed by atoms with Gasteiger partial charge in [-0.3, -0.25) is 0 Å². The number of rotatable bonds is 6. The van der Waals surface area contributed by atoms with Crippen LogP contribution in [0.3, 0.4) is 0 Å². The summed E-state index contributed by atoms with van der Waals surface area (Å²) in [5.74, 6) is 4.85. The van der Waals surface area contributed by atoms with E-state index in [1.54, 1.807) is 11.1 Å². The highest BCUT2D eigenvalue weighted by Gasteiger charge is 2.50. The summed E-state index contributed by atoms with van der Waals surface area (Å²) in [6.45, 7) is 19.0. The number of hydrogen-bond acceptors (Lipinski definition) is 0. The van der Waals surface area contributed by atoms with Crippen LogP contribution in [-0.2, 0) is 0 Å². The summed E-state index contributed by atoms with van der Waals surface area (Å²) in [6, 6.07) is 0. The highest BCUT2D eigenvalue weighted by molar-refractivity contribution is 5.28. The second kappa shape index (κ2) is 9.57. The molecule has 3 aliphatic rings. The number of allylic oxidation sites excluding steroid dienone is 5. The Labute approximate surface area is 182 Å². The summed E-state index contributed by atoms with van der Waals surface area (Å²) in [5, 5.41) is 0. The predicted molar refractivity (Wildman–Crippen MR) is 129 cm³/mol. The van der Waals surface area contributed by atoms with E-state index in [4.69, 9.17) is 0 Å². The molecule has 3 saturated carbocycles. The smallest absolute Gasteiger partial charge is 0.0143 e. The van der Waals surface area contributed by atoms with E-state index in [0.29, 0.717) is 17.3 Å². The molecule has 0 aromatic heterocycles. The lowest BCUT2D eigenvalue weighted by Crippen LogP contribution is -2.36. The topological polar surface area (TPSA) is 0 Å². The van der Waals surface area contributed by atoms with Crippen molar-refractivity contribution in [1.29, 1.82) is 0 Å². The zero-order valence-electron chi connectivity index (χ0n) is 20.4. The van der Waals surface area contributed by atoms with Gasteiger partial charge in [-0.1, -0.05) is 96.3 Å². The second-order valence-electron chi connectivity index (χ2n) is 11.7. The minimum atomic E-state index is 0.557. The van der Waals surface area contributed by atoms with E-state index in [1.807, 2.05) is 0 Å². The molecule has 6 atom stereocenters. The first kappa shape index (κ1) is 22.9. The Balaban J connectivity index is 1.68. The van der Waals surface area contributed by atoms with Crippen molar-refractivity contribution in [2.45, 2.75) is 106 Å². The van der Waals surface area contributed by atoms with Crippen LogP contribution in [0.15, 0.2) is 35.5 Å². The van der Waals surface area contributed by atoms with Gasteiger partial charge in [0.25, 0.3) is 0 Å². The molecule has 0 heterocycles. The lowest BCUT2D eigenvalue weighted by atomic mass is 9.60. The number of fused-ring (bicyclic) bond motifs is 1. The van der Waals surface area contributed by atoms with E-state index >= 15 is 0 Å². The molecule has 0 aliphatic heterocycles. The van der Waals surface area contributed by atoms with Crippen molar-refractivity contribution in [3.05, 3.63) is 35.5 Å². The highest BCUT2D eigenvalue weighted by atomic mass is 14.5. The molecule has 3 aliphatic carbocycles. The van der Waals surface area contributed by atoms with Gasteiger partial charge in [-0.2, -0.15) is 0 Å². The van der Waals surface area contributed by atoms with Crippen molar-refractivity contribution in [1.82, 2.24) is 0 Å². The van der Waals surface area contributed by atoms with Crippen molar-refractivity contribution in [2.75, 3.05) is 0 Å². The SMILES string of the molecule is C=C1[C@H](C)CC(=C/C=C2\CCC[C@]3(C)[C@@H]([C@@H](C)CCCC(C)C)CC[C@@H]23)C[C@H]1C. The van der Waals surface area contributed by atoms with Crippen LogP contribution in [0.5, 0.6) is 0 Å². The zero-order chi connectivity index (χ0) is 21.2. The van der Waals surface area contributed by atoms with Crippen LogP contribution in [0, 0.1) is 40.9 Å². The molecule has 29 heavy (non-hydrogen) atoms. The van der Waals surface area contributed by atoms with Crippen molar-refractivity contribution < 1.29 is 0 Å². The molecule has 3 fully saturated rings. The summed E-state index contributed by atoms with van der Waals surface area (Å²) in [7, 11) is 0. The third kappa shape index (κ3) is 5.11. The van der Waals surface area contributed by atoms with Crippen LogP contribution in [0.4, 0.5) is 0 Å². The van der Waals surface area contributed by atoms with Gasteiger partial charge >= 0.3 is 0 Å². The molecule has 0 spiro atoms. The normalized spacial score (nSPS) is 37.8. The van der Waals surface area contributed by atoms with Crippen molar-refractivity contribution in [3.63, 3.8) is 0 Å². The largest absolute Gasteiger partial charge is 0.0993 e. The molecule has 0 bridgehead atoms. The van der Waals surface area contributed by atoms with Crippen LogP contribution < -0.4 is 0 Å². The summed E-state index contributed by atoms with van der Waals surface area (Å²) in [4.78, 5) is 0. The van der Waals surface area contributed by atoms with Crippen molar-refractivity contribution >= 4 is 0 Å².